The van der Waals surface area contributed by atoms with Crippen LogP contribution in [-0.2, 0) is 6.42 Å². The minimum Gasteiger partial charge on any atom is -0.309 e. The van der Waals surface area contributed by atoms with Gasteiger partial charge in [-0.15, -0.1) is 0 Å². The number of halogens is 3. The number of hydrogen-bond acceptors (Lipinski definition) is 1. The van der Waals surface area contributed by atoms with Crippen LogP contribution in [0.1, 0.15) is 29.7 Å². The number of nitrogens with one attached hydrogen (secondary N) is 1. The Morgan fingerprint density at radius 2 is 1.90 bits per heavy atom. The Labute approximate surface area is 132 Å². The SMILES string of the molecule is CCc1ccccc1C(NC)c1ccc(Br)c(Cl)c1F. The molecule has 106 valence electrons. The van der Waals surface area contributed by atoms with E-state index >= 15 is 0 Å². The molecule has 0 heterocycles. The summed E-state index contributed by atoms with van der Waals surface area (Å²) in [6.07, 6.45) is 0.903. The molecule has 0 radical (unpaired) electrons. The van der Waals surface area contributed by atoms with E-state index in [1.54, 1.807) is 12.1 Å². The van der Waals surface area contributed by atoms with Crippen LogP contribution in [0.2, 0.25) is 5.02 Å². The van der Waals surface area contributed by atoms with E-state index in [1.807, 2.05) is 25.2 Å². The molecule has 0 aromatic heterocycles. The van der Waals surface area contributed by atoms with Crippen molar-refractivity contribution in [2.24, 2.45) is 0 Å². The first-order chi connectivity index (χ1) is 9.60. The third-order valence-electron chi connectivity index (χ3n) is 3.41. The lowest BCUT2D eigenvalue weighted by atomic mass is 9.93. The van der Waals surface area contributed by atoms with Crippen LogP contribution in [0.25, 0.3) is 0 Å². The number of rotatable bonds is 4. The van der Waals surface area contributed by atoms with Gasteiger partial charge in [-0.05, 0) is 46.6 Å². The molecule has 2 aromatic rings. The summed E-state index contributed by atoms with van der Waals surface area (Å²) >= 11 is 9.24. The lowest BCUT2D eigenvalue weighted by molar-refractivity contribution is 0.574. The Morgan fingerprint density at radius 1 is 1.20 bits per heavy atom. The first-order valence-electron chi connectivity index (χ1n) is 6.48. The van der Waals surface area contributed by atoms with Gasteiger partial charge in [-0.1, -0.05) is 48.9 Å². The fourth-order valence-corrected chi connectivity index (χ4v) is 2.86. The van der Waals surface area contributed by atoms with Gasteiger partial charge in [-0.3, -0.25) is 0 Å². The Kier molecular flexibility index (Phi) is 5.19. The minimum absolute atomic E-state index is 0.122. The van der Waals surface area contributed by atoms with Crippen molar-refractivity contribution in [3.8, 4) is 0 Å². The van der Waals surface area contributed by atoms with Crippen molar-refractivity contribution in [3.05, 3.63) is 68.4 Å². The summed E-state index contributed by atoms with van der Waals surface area (Å²) in [5, 5.41) is 3.30. The highest BCUT2D eigenvalue weighted by molar-refractivity contribution is 9.10. The van der Waals surface area contributed by atoms with Crippen LogP contribution in [0.15, 0.2) is 40.9 Å². The van der Waals surface area contributed by atoms with Crippen LogP contribution in [0.5, 0.6) is 0 Å². The molecule has 2 aromatic carbocycles. The van der Waals surface area contributed by atoms with Crippen LogP contribution >= 0.6 is 27.5 Å². The Morgan fingerprint density at radius 3 is 2.55 bits per heavy atom. The molecular weight excluding hydrogens is 341 g/mol. The van der Waals surface area contributed by atoms with Crippen LogP contribution in [0.3, 0.4) is 0 Å². The average Bonchev–Trinajstić information content (AvgIpc) is 2.48. The van der Waals surface area contributed by atoms with Crippen molar-refractivity contribution < 1.29 is 4.39 Å². The molecule has 0 aliphatic carbocycles. The van der Waals surface area contributed by atoms with Gasteiger partial charge in [-0.25, -0.2) is 4.39 Å². The molecular formula is C16H16BrClFN. The second kappa shape index (κ2) is 6.70. The first kappa shape index (κ1) is 15.5. The summed E-state index contributed by atoms with van der Waals surface area (Å²) < 4.78 is 15.0. The van der Waals surface area contributed by atoms with E-state index < -0.39 is 0 Å². The smallest absolute Gasteiger partial charge is 0.148 e. The normalized spacial score (nSPS) is 12.4. The minimum atomic E-state index is -0.383. The van der Waals surface area contributed by atoms with E-state index in [1.165, 1.54) is 5.56 Å². The van der Waals surface area contributed by atoms with Gasteiger partial charge in [0.25, 0.3) is 0 Å². The molecule has 0 saturated heterocycles. The predicted octanol–water partition coefficient (Wildman–Crippen LogP) is 5.11. The Balaban J connectivity index is 2.56. The molecule has 1 nitrogen and oxygen atoms in total. The highest BCUT2D eigenvalue weighted by Gasteiger charge is 2.21. The highest BCUT2D eigenvalue weighted by atomic mass is 79.9. The molecule has 0 amide bonds. The molecule has 0 aliphatic heterocycles. The van der Waals surface area contributed by atoms with Gasteiger partial charge >= 0.3 is 0 Å². The molecule has 0 bridgehead atoms. The van der Waals surface area contributed by atoms with Crippen molar-refractivity contribution in [1.29, 1.82) is 0 Å². The summed E-state index contributed by atoms with van der Waals surface area (Å²) in [7, 11) is 1.83. The summed E-state index contributed by atoms with van der Waals surface area (Å²) in [6, 6.07) is 11.4. The maximum atomic E-state index is 14.4. The van der Waals surface area contributed by atoms with Gasteiger partial charge in [0.15, 0.2) is 0 Å². The van der Waals surface area contributed by atoms with Crippen LogP contribution < -0.4 is 5.32 Å². The zero-order valence-corrected chi connectivity index (χ0v) is 13.7. The zero-order valence-electron chi connectivity index (χ0n) is 11.4. The zero-order chi connectivity index (χ0) is 14.7. The lowest BCUT2D eigenvalue weighted by Crippen LogP contribution is -2.20. The van der Waals surface area contributed by atoms with E-state index in [9.17, 15) is 4.39 Å². The maximum Gasteiger partial charge on any atom is 0.148 e. The van der Waals surface area contributed by atoms with Gasteiger partial charge in [0.05, 0.1) is 11.1 Å². The third kappa shape index (κ3) is 2.90. The molecule has 20 heavy (non-hydrogen) atoms. The number of benzene rings is 2. The summed E-state index contributed by atoms with van der Waals surface area (Å²) in [5.41, 5.74) is 2.83. The Hall–Kier alpha value is -0.900. The summed E-state index contributed by atoms with van der Waals surface area (Å²) in [6.45, 7) is 2.09. The van der Waals surface area contributed by atoms with Crippen molar-refractivity contribution in [2.45, 2.75) is 19.4 Å². The monoisotopic (exact) mass is 355 g/mol. The van der Waals surface area contributed by atoms with Crippen molar-refractivity contribution in [1.82, 2.24) is 5.32 Å². The molecule has 1 unspecified atom stereocenters. The van der Waals surface area contributed by atoms with E-state index in [-0.39, 0.29) is 16.9 Å². The van der Waals surface area contributed by atoms with E-state index in [4.69, 9.17) is 11.6 Å². The van der Waals surface area contributed by atoms with Gasteiger partial charge in [0.1, 0.15) is 5.82 Å². The average molecular weight is 357 g/mol. The fourth-order valence-electron chi connectivity index (χ4n) is 2.38. The highest BCUT2D eigenvalue weighted by Crippen LogP contribution is 2.33. The van der Waals surface area contributed by atoms with Gasteiger partial charge in [-0.2, -0.15) is 0 Å². The number of hydrogen-bond donors (Lipinski definition) is 1. The quantitative estimate of drug-likeness (QED) is 0.750. The standard InChI is InChI=1S/C16H16BrClFN/c1-3-10-6-4-5-7-11(10)16(20-2)12-8-9-13(17)14(18)15(12)19/h4-9,16,20H,3H2,1-2H3. The molecule has 0 aliphatic rings. The molecule has 0 spiro atoms. The molecule has 0 saturated carbocycles. The van der Waals surface area contributed by atoms with Gasteiger partial charge in [0.2, 0.25) is 0 Å². The second-order valence-electron chi connectivity index (χ2n) is 4.54. The largest absolute Gasteiger partial charge is 0.309 e. The van der Waals surface area contributed by atoms with Gasteiger partial charge < -0.3 is 5.32 Å². The lowest BCUT2D eigenvalue weighted by Gasteiger charge is -2.21. The summed E-state index contributed by atoms with van der Waals surface area (Å²) in [5.74, 6) is -0.383. The first-order valence-corrected chi connectivity index (χ1v) is 7.65. The van der Waals surface area contributed by atoms with Crippen molar-refractivity contribution in [2.75, 3.05) is 7.05 Å². The van der Waals surface area contributed by atoms with E-state index in [2.05, 4.69) is 34.2 Å². The summed E-state index contributed by atoms with van der Waals surface area (Å²) in [4.78, 5) is 0. The fraction of sp³-hybridized carbons (Fsp3) is 0.250. The molecule has 4 heteroatoms. The van der Waals surface area contributed by atoms with Crippen molar-refractivity contribution >= 4 is 27.5 Å². The van der Waals surface area contributed by atoms with E-state index in [0.717, 1.165) is 12.0 Å². The van der Waals surface area contributed by atoms with Crippen molar-refractivity contribution in [3.63, 3.8) is 0 Å². The van der Waals surface area contributed by atoms with Crippen LogP contribution in [0.4, 0.5) is 4.39 Å². The maximum absolute atomic E-state index is 14.4. The third-order valence-corrected chi connectivity index (χ3v) is 4.67. The van der Waals surface area contributed by atoms with Crippen LogP contribution in [0, 0.1) is 5.82 Å². The molecule has 1 atom stereocenters. The molecule has 2 rings (SSSR count). The second-order valence-corrected chi connectivity index (χ2v) is 5.77. The molecule has 0 fully saturated rings. The Bertz CT molecular complexity index is 615. The predicted molar refractivity (Wildman–Crippen MR) is 85.8 cm³/mol. The topological polar surface area (TPSA) is 12.0 Å². The van der Waals surface area contributed by atoms with E-state index in [0.29, 0.717) is 10.0 Å². The molecule has 1 N–H and O–H groups in total. The van der Waals surface area contributed by atoms with Gasteiger partial charge in [0, 0.05) is 10.0 Å². The number of aryl methyl sites for hydroxylation is 1. The van der Waals surface area contributed by atoms with Crippen LogP contribution in [-0.4, -0.2) is 7.05 Å².